The summed E-state index contributed by atoms with van der Waals surface area (Å²) in [5, 5.41) is 0. The van der Waals surface area contributed by atoms with E-state index in [-0.39, 0.29) is 29.8 Å². The number of carbonyl (C=O) groups excluding carboxylic acids is 2. The molecule has 0 N–H and O–H groups in total. The molecule has 0 saturated heterocycles. The van der Waals surface area contributed by atoms with E-state index < -0.39 is 17.5 Å². The van der Waals surface area contributed by atoms with Gasteiger partial charge in [-0.15, -0.1) is 0 Å². The Balaban J connectivity index is 5.01. The summed E-state index contributed by atoms with van der Waals surface area (Å²) in [4.78, 5) is 24.5. The molecule has 2 atom stereocenters. The molecule has 0 aliphatic heterocycles. The van der Waals surface area contributed by atoms with Crippen molar-refractivity contribution in [3.05, 3.63) is 0 Å². The van der Waals surface area contributed by atoms with Crippen molar-refractivity contribution in [2.45, 2.75) is 74.8 Å². The van der Waals surface area contributed by atoms with Crippen LogP contribution in [0.5, 0.6) is 0 Å². The van der Waals surface area contributed by atoms with Crippen LogP contribution < -0.4 is 0 Å². The molecule has 0 spiro atoms. The predicted octanol–water partition coefficient (Wildman–Crippen LogP) is 4.22. The van der Waals surface area contributed by atoms with E-state index in [0.717, 1.165) is 6.42 Å². The first-order chi connectivity index (χ1) is 9.82. The third-order valence-electron chi connectivity index (χ3n) is 4.04. The largest absolute Gasteiger partial charge is 0.463 e. The highest BCUT2D eigenvalue weighted by molar-refractivity contribution is 5.82. The Bertz CT molecular complexity index is 377. The van der Waals surface area contributed by atoms with Crippen molar-refractivity contribution >= 4 is 11.9 Å². The van der Waals surface area contributed by atoms with Crippen molar-refractivity contribution in [1.82, 2.24) is 0 Å². The van der Waals surface area contributed by atoms with Gasteiger partial charge in [0, 0.05) is 5.92 Å². The summed E-state index contributed by atoms with van der Waals surface area (Å²) in [6.45, 7) is 18.0. The molecular weight excluding hydrogens is 280 g/mol. The van der Waals surface area contributed by atoms with Crippen LogP contribution in [0, 0.1) is 22.7 Å². The SMILES string of the molecule is CCOC(=O)C(OC(=O)C(C)(C)C(C)CC(C)(C)C)C(C)C. The number of rotatable bonds is 7. The molecule has 130 valence electrons. The molecule has 0 rings (SSSR count). The smallest absolute Gasteiger partial charge is 0.347 e. The molecule has 0 fully saturated rings. The van der Waals surface area contributed by atoms with Crippen LogP contribution in [0.25, 0.3) is 0 Å². The highest BCUT2D eigenvalue weighted by atomic mass is 16.6. The van der Waals surface area contributed by atoms with Gasteiger partial charge >= 0.3 is 11.9 Å². The molecule has 0 bridgehead atoms. The fourth-order valence-corrected chi connectivity index (χ4v) is 2.32. The standard InChI is InChI=1S/C18H34O4/c1-10-21-15(19)14(12(2)3)22-16(20)18(8,9)13(4)11-17(5,6)7/h12-14H,10-11H2,1-9H3. The molecule has 2 unspecified atom stereocenters. The average molecular weight is 314 g/mol. The van der Waals surface area contributed by atoms with Crippen LogP contribution in [0.2, 0.25) is 0 Å². The van der Waals surface area contributed by atoms with Crippen LogP contribution >= 0.6 is 0 Å². The Kier molecular flexibility index (Phi) is 7.60. The molecule has 4 nitrogen and oxygen atoms in total. The van der Waals surface area contributed by atoms with E-state index in [1.807, 2.05) is 27.7 Å². The second-order valence-corrected chi connectivity index (χ2v) is 8.21. The Morgan fingerprint density at radius 2 is 1.50 bits per heavy atom. The topological polar surface area (TPSA) is 52.6 Å². The van der Waals surface area contributed by atoms with Crippen LogP contribution in [0.15, 0.2) is 0 Å². The quantitative estimate of drug-likeness (QED) is 0.660. The third-order valence-corrected chi connectivity index (χ3v) is 4.04. The lowest BCUT2D eigenvalue weighted by Gasteiger charge is -2.35. The maximum atomic E-state index is 12.6. The number of carbonyl (C=O) groups is 2. The van der Waals surface area contributed by atoms with E-state index in [1.54, 1.807) is 6.92 Å². The van der Waals surface area contributed by atoms with Gasteiger partial charge in [0.05, 0.1) is 12.0 Å². The lowest BCUT2D eigenvalue weighted by Crippen LogP contribution is -2.41. The Morgan fingerprint density at radius 1 is 1.00 bits per heavy atom. The lowest BCUT2D eigenvalue weighted by atomic mass is 9.72. The number of esters is 2. The molecule has 0 amide bonds. The van der Waals surface area contributed by atoms with Crippen LogP contribution in [-0.4, -0.2) is 24.6 Å². The Morgan fingerprint density at radius 3 is 1.86 bits per heavy atom. The Labute approximate surface area is 135 Å². The molecule has 0 saturated carbocycles. The normalized spacial score (nSPS) is 15.4. The summed E-state index contributed by atoms with van der Waals surface area (Å²) in [6.07, 6.45) is 0.0643. The van der Waals surface area contributed by atoms with E-state index in [9.17, 15) is 9.59 Å². The van der Waals surface area contributed by atoms with E-state index in [1.165, 1.54) is 0 Å². The molecule has 0 aromatic carbocycles. The molecule has 0 radical (unpaired) electrons. The molecule has 0 aromatic rings. The van der Waals surface area contributed by atoms with Crippen LogP contribution in [0.4, 0.5) is 0 Å². The van der Waals surface area contributed by atoms with Crippen molar-refractivity contribution in [1.29, 1.82) is 0 Å². The van der Waals surface area contributed by atoms with E-state index in [2.05, 4.69) is 27.7 Å². The van der Waals surface area contributed by atoms with Crippen LogP contribution in [0.3, 0.4) is 0 Å². The van der Waals surface area contributed by atoms with Crippen molar-refractivity contribution in [2.24, 2.45) is 22.7 Å². The minimum absolute atomic E-state index is 0.114. The fraction of sp³-hybridized carbons (Fsp3) is 0.889. The summed E-state index contributed by atoms with van der Waals surface area (Å²) >= 11 is 0. The summed E-state index contributed by atoms with van der Waals surface area (Å²) in [6, 6.07) is 0. The zero-order chi connectivity index (χ0) is 17.7. The fourth-order valence-electron chi connectivity index (χ4n) is 2.32. The van der Waals surface area contributed by atoms with Gasteiger partial charge in [-0.3, -0.25) is 4.79 Å². The molecular formula is C18H34O4. The van der Waals surface area contributed by atoms with Crippen molar-refractivity contribution < 1.29 is 19.1 Å². The van der Waals surface area contributed by atoms with Crippen molar-refractivity contribution in [2.75, 3.05) is 6.61 Å². The summed E-state index contributed by atoms with van der Waals surface area (Å²) in [5.41, 5.74) is -0.511. The molecule has 0 aromatic heterocycles. The zero-order valence-electron chi connectivity index (χ0n) is 15.8. The number of hydrogen-bond donors (Lipinski definition) is 0. The average Bonchev–Trinajstić information content (AvgIpc) is 2.32. The third kappa shape index (κ3) is 6.37. The van der Waals surface area contributed by atoms with Gasteiger partial charge in [0.25, 0.3) is 0 Å². The van der Waals surface area contributed by atoms with Crippen molar-refractivity contribution in [3.63, 3.8) is 0 Å². The molecule has 4 heteroatoms. The number of ether oxygens (including phenoxy) is 2. The minimum atomic E-state index is -0.839. The molecule has 0 aliphatic carbocycles. The monoisotopic (exact) mass is 314 g/mol. The first-order valence-corrected chi connectivity index (χ1v) is 8.20. The summed E-state index contributed by atoms with van der Waals surface area (Å²) in [7, 11) is 0. The molecule has 22 heavy (non-hydrogen) atoms. The number of hydrogen-bond acceptors (Lipinski definition) is 4. The van der Waals surface area contributed by atoms with Gasteiger partial charge in [-0.2, -0.15) is 0 Å². The van der Waals surface area contributed by atoms with Crippen LogP contribution in [-0.2, 0) is 19.1 Å². The van der Waals surface area contributed by atoms with Crippen molar-refractivity contribution in [3.8, 4) is 0 Å². The minimum Gasteiger partial charge on any atom is -0.463 e. The van der Waals surface area contributed by atoms with Crippen LogP contribution in [0.1, 0.15) is 68.7 Å². The zero-order valence-corrected chi connectivity index (χ0v) is 15.8. The predicted molar refractivity (Wildman–Crippen MR) is 88.4 cm³/mol. The van der Waals surface area contributed by atoms with Gasteiger partial charge in [-0.25, -0.2) is 4.79 Å². The maximum absolute atomic E-state index is 12.6. The summed E-state index contributed by atoms with van der Waals surface area (Å²) < 4.78 is 10.5. The Hall–Kier alpha value is -1.06. The summed E-state index contributed by atoms with van der Waals surface area (Å²) in [5.74, 6) is -0.771. The maximum Gasteiger partial charge on any atom is 0.347 e. The second kappa shape index (κ2) is 7.98. The van der Waals surface area contributed by atoms with Gasteiger partial charge in [0.1, 0.15) is 0 Å². The van der Waals surface area contributed by atoms with E-state index in [0.29, 0.717) is 0 Å². The second-order valence-electron chi connectivity index (χ2n) is 8.21. The molecule has 0 heterocycles. The van der Waals surface area contributed by atoms with Gasteiger partial charge in [0.2, 0.25) is 6.10 Å². The van der Waals surface area contributed by atoms with E-state index >= 15 is 0 Å². The van der Waals surface area contributed by atoms with Gasteiger partial charge < -0.3 is 9.47 Å². The van der Waals surface area contributed by atoms with E-state index in [4.69, 9.17) is 9.47 Å². The highest BCUT2D eigenvalue weighted by Crippen LogP contribution is 2.37. The first kappa shape index (κ1) is 20.9. The van der Waals surface area contributed by atoms with Gasteiger partial charge in [-0.05, 0) is 38.5 Å². The van der Waals surface area contributed by atoms with Gasteiger partial charge in [-0.1, -0.05) is 41.5 Å². The van der Waals surface area contributed by atoms with Gasteiger partial charge in [0.15, 0.2) is 0 Å². The first-order valence-electron chi connectivity index (χ1n) is 8.20. The molecule has 0 aliphatic rings. The lowest BCUT2D eigenvalue weighted by molar-refractivity contribution is -0.178. The highest BCUT2D eigenvalue weighted by Gasteiger charge is 2.40.